The minimum Gasteiger partial charge on any atom is -0.550 e. The van der Waals surface area contributed by atoms with Crippen molar-refractivity contribution in [2.24, 2.45) is 29.6 Å². The Hall–Kier alpha value is -0.660. The van der Waals surface area contributed by atoms with E-state index in [9.17, 15) is 24.9 Å². The van der Waals surface area contributed by atoms with Gasteiger partial charge in [0.05, 0.1) is 18.1 Å². The van der Waals surface area contributed by atoms with E-state index in [1.165, 1.54) is 5.57 Å². The van der Waals surface area contributed by atoms with Crippen molar-refractivity contribution in [2.45, 2.75) is 84.5 Å². The van der Waals surface area contributed by atoms with E-state index in [0.29, 0.717) is 18.8 Å². The predicted molar refractivity (Wildman–Crippen MR) is 112 cm³/mol. The molecule has 0 aromatic carbocycles. The van der Waals surface area contributed by atoms with E-state index in [0.717, 1.165) is 12.8 Å². The smallest absolute Gasteiger partial charge is 0.550 e. The van der Waals surface area contributed by atoms with Gasteiger partial charge in [-0.25, -0.2) is 0 Å². The fourth-order valence-electron chi connectivity index (χ4n) is 4.75. The summed E-state index contributed by atoms with van der Waals surface area (Å²) in [5, 5.41) is 30.7. The molecule has 0 bridgehead atoms. The van der Waals surface area contributed by atoms with Crippen LogP contribution in [0.1, 0.15) is 66.2 Å². The van der Waals surface area contributed by atoms with Gasteiger partial charge in [0.15, 0.2) is 0 Å². The number of esters is 1. The van der Waals surface area contributed by atoms with E-state index in [-0.39, 0.29) is 71.7 Å². The number of aliphatic hydroxyl groups is 2. The van der Waals surface area contributed by atoms with Crippen molar-refractivity contribution >= 4 is 11.9 Å². The quantitative estimate of drug-likeness (QED) is 0.344. The maximum Gasteiger partial charge on any atom is 1.00 e. The number of ether oxygens (including phenoxy) is 1. The molecule has 0 saturated carbocycles. The molecule has 6 nitrogen and oxygen atoms in total. The second kappa shape index (κ2) is 13.1. The Kier molecular flexibility index (Phi) is 12.0. The second-order valence-corrected chi connectivity index (χ2v) is 9.27. The number of aliphatic hydroxyl groups excluding tert-OH is 2. The molecule has 0 aromatic heterocycles. The third-order valence-electron chi connectivity index (χ3n) is 6.66. The third-order valence-corrected chi connectivity index (χ3v) is 6.66. The second-order valence-electron chi connectivity index (χ2n) is 9.27. The number of rotatable bonds is 10. The van der Waals surface area contributed by atoms with Gasteiger partial charge in [-0.2, -0.15) is 0 Å². The number of aliphatic carboxylic acids is 1. The van der Waals surface area contributed by atoms with Crippen molar-refractivity contribution in [3.8, 4) is 0 Å². The molecule has 8 atom stereocenters. The van der Waals surface area contributed by atoms with Crippen LogP contribution in [0.15, 0.2) is 23.8 Å². The summed E-state index contributed by atoms with van der Waals surface area (Å²) >= 11 is 0. The molecule has 31 heavy (non-hydrogen) atoms. The molecule has 0 amide bonds. The van der Waals surface area contributed by atoms with E-state index < -0.39 is 24.6 Å². The zero-order valence-electron chi connectivity index (χ0n) is 19.6. The van der Waals surface area contributed by atoms with E-state index >= 15 is 0 Å². The van der Waals surface area contributed by atoms with Crippen LogP contribution in [0.4, 0.5) is 0 Å². The summed E-state index contributed by atoms with van der Waals surface area (Å²) in [6.45, 7) is 8.14. The number of carboxylic acid groups (broad SMARTS) is 1. The maximum absolute atomic E-state index is 12.5. The van der Waals surface area contributed by atoms with E-state index in [1.807, 2.05) is 13.8 Å². The number of carbonyl (C=O) groups is 2. The summed E-state index contributed by atoms with van der Waals surface area (Å²) in [6.07, 6.45) is 6.75. The largest absolute Gasteiger partial charge is 1.00 e. The first-order valence-electron chi connectivity index (χ1n) is 11.3. The summed E-state index contributed by atoms with van der Waals surface area (Å²) in [7, 11) is 0. The van der Waals surface area contributed by atoms with Gasteiger partial charge in [-0.15, -0.1) is 0 Å². The zero-order valence-corrected chi connectivity index (χ0v) is 21.6. The van der Waals surface area contributed by atoms with Gasteiger partial charge in [-0.1, -0.05) is 45.9 Å². The first-order valence-corrected chi connectivity index (χ1v) is 11.3. The Morgan fingerprint density at radius 3 is 2.55 bits per heavy atom. The molecular weight excluding hydrogens is 407 g/mol. The van der Waals surface area contributed by atoms with Crippen LogP contribution in [0.5, 0.6) is 0 Å². The zero-order chi connectivity index (χ0) is 22.4. The summed E-state index contributed by atoms with van der Waals surface area (Å²) in [5.41, 5.74) is 1.20. The van der Waals surface area contributed by atoms with Crippen LogP contribution < -0.4 is 34.7 Å². The standard InChI is InChI=1S/C24H38O6.Na/c1-5-15(3)24(29)30-21-11-14(2)10-17-7-6-16(4)20(23(17)21)9-8-18(25)12-19(26)13-22(27)28;/h6-7,10,14-16,18-21,23,25-26H,5,8-9,11-13H2,1-4H3,(H,27,28);/q;+1/p-1/t14-,15-,16-,18?,19-,20-,21+,23-;/m1./s1. The van der Waals surface area contributed by atoms with Gasteiger partial charge < -0.3 is 24.9 Å². The molecule has 0 aliphatic heterocycles. The Bertz CT molecular complexity index is 660. The van der Waals surface area contributed by atoms with E-state index in [2.05, 4.69) is 32.1 Å². The predicted octanol–water partition coefficient (Wildman–Crippen LogP) is -0.615. The molecule has 170 valence electrons. The van der Waals surface area contributed by atoms with Crippen LogP contribution in [0, 0.1) is 29.6 Å². The minimum atomic E-state index is -1.32. The topological polar surface area (TPSA) is 107 Å². The number of fused-ring (bicyclic) bond motifs is 1. The fraction of sp³-hybridized carbons (Fsp3) is 0.750. The van der Waals surface area contributed by atoms with Crippen molar-refractivity contribution < 1.29 is 59.2 Å². The van der Waals surface area contributed by atoms with Crippen LogP contribution >= 0.6 is 0 Å². The van der Waals surface area contributed by atoms with Crippen molar-refractivity contribution in [3.63, 3.8) is 0 Å². The summed E-state index contributed by atoms with van der Waals surface area (Å²) in [4.78, 5) is 23.1. The molecule has 2 N–H and O–H groups in total. The monoisotopic (exact) mass is 444 g/mol. The Balaban J connectivity index is 0.00000480. The van der Waals surface area contributed by atoms with Crippen molar-refractivity contribution in [3.05, 3.63) is 23.8 Å². The average Bonchev–Trinajstić information content (AvgIpc) is 2.65. The van der Waals surface area contributed by atoms with E-state index in [4.69, 9.17) is 4.74 Å². The average molecular weight is 445 g/mol. The van der Waals surface area contributed by atoms with Gasteiger partial charge in [0.25, 0.3) is 0 Å². The number of hydrogen-bond donors (Lipinski definition) is 2. The molecule has 0 spiro atoms. The first-order chi connectivity index (χ1) is 14.1. The van der Waals surface area contributed by atoms with Crippen molar-refractivity contribution in [2.75, 3.05) is 0 Å². The minimum absolute atomic E-state index is 0. The number of allylic oxidation sites excluding steroid dienone is 3. The molecule has 0 radical (unpaired) electrons. The van der Waals surface area contributed by atoms with Crippen LogP contribution in [0.3, 0.4) is 0 Å². The number of carboxylic acids is 1. The molecule has 0 heterocycles. The van der Waals surface area contributed by atoms with Crippen LogP contribution in [-0.4, -0.2) is 40.5 Å². The summed E-state index contributed by atoms with van der Waals surface area (Å²) in [6, 6.07) is 0. The molecule has 2 rings (SSSR count). The van der Waals surface area contributed by atoms with Gasteiger partial charge in [0.1, 0.15) is 6.10 Å². The first kappa shape index (κ1) is 28.4. The Morgan fingerprint density at radius 2 is 1.94 bits per heavy atom. The Labute approximate surface area is 208 Å². The van der Waals surface area contributed by atoms with Crippen molar-refractivity contribution in [1.82, 2.24) is 0 Å². The molecule has 0 saturated heterocycles. The summed E-state index contributed by atoms with van der Waals surface area (Å²) < 4.78 is 5.99. The molecule has 2 aliphatic carbocycles. The molecular formula is C24H37NaO6. The molecule has 7 heteroatoms. The molecule has 1 unspecified atom stereocenters. The molecule has 0 aromatic rings. The SMILES string of the molecule is CC[C@@H](C)C(=O)O[C@H]1C[C@H](C)C=C2C=C[C@@H](C)[C@@H](CCC(O)C[C@@H](O)CC(=O)[O-])[C@@H]21.[Na+]. The van der Waals surface area contributed by atoms with Gasteiger partial charge in [-0.05, 0) is 55.4 Å². The number of hydrogen-bond acceptors (Lipinski definition) is 6. The van der Waals surface area contributed by atoms with Gasteiger partial charge in [-0.3, -0.25) is 4.79 Å². The van der Waals surface area contributed by atoms with Crippen molar-refractivity contribution in [1.29, 1.82) is 0 Å². The fourth-order valence-corrected chi connectivity index (χ4v) is 4.75. The van der Waals surface area contributed by atoms with Gasteiger partial charge in [0, 0.05) is 18.3 Å². The third kappa shape index (κ3) is 8.32. The summed E-state index contributed by atoms with van der Waals surface area (Å²) in [5.74, 6) is -0.705. The molecule has 0 fully saturated rings. The van der Waals surface area contributed by atoms with Crippen LogP contribution in [0.25, 0.3) is 0 Å². The van der Waals surface area contributed by atoms with Gasteiger partial charge in [0.2, 0.25) is 0 Å². The van der Waals surface area contributed by atoms with E-state index in [1.54, 1.807) is 0 Å². The number of carbonyl (C=O) groups excluding carboxylic acids is 2. The maximum atomic E-state index is 12.5. The van der Waals surface area contributed by atoms with Gasteiger partial charge >= 0.3 is 35.5 Å². The normalized spacial score (nSPS) is 30.3. The van der Waals surface area contributed by atoms with Crippen LogP contribution in [0.2, 0.25) is 0 Å². The van der Waals surface area contributed by atoms with Crippen LogP contribution in [-0.2, 0) is 14.3 Å². The Morgan fingerprint density at radius 1 is 1.26 bits per heavy atom. The molecule has 2 aliphatic rings.